The zero-order valence-corrected chi connectivity index (χ0v) is 37.4. The Bertz CT molecular complexity index is 4240. The maximum Gasteiger partial charge on any atom is 0.0159 e. The van der Waals surface area contributed by atoms with Gasteiger partial charge in [-0.15, -0.1) is 0 Å². The van der Waals surface area contributed by atoms with Crippen LogP contribution in [-0.2, 0) is 5.41 Å². The molecule has 1 aliphatic rings. The summed E-state index contributed by atoms with van der Waals surface area (Å²) in [7, 11) is 0. The fourth-order valence-electron chi connectivity index (χ4n) is 11.6. The smallest absolute Gasteiger partial charge is 0.0159 e. The molecule has 0 aromatic heterocycles. The Morgan fingerprint density at radius 1 is 0.224 bits per heavy atom. The summed E-state index contributed by atoms with van der Waals surface area (Å²) in [6, 6.07) is 86.6. The van der Waals surface area contributed by atoms with E-state index in [2.05, 4.69) is 244 Å². The maximum atomic E-state index is 2.44. The third-order valence-corrected chi connectivity index (χ3v) is 15.1. The fourth-order valence-corrected chi connectivity index (χ4v) is 11.6. The third kappa shape index (κ3) is 5.93. The summed E-state index contributed by atoms with van der Waals surface area (Å²) in [5, 5.41) is 17.9. The Labute approximate surface area is 390 Å². The highest BCUT2D eigenvalue weighted by atomic mass is 14.4. The van der Waals surface area contributed by atoms with Crippen molar-refractivity contribution < 1.29 is 0 Å². The van der Waals surface area contributed by atoms with Crippen LogP contribution in [0.3, 0.4) is 0 Å². The molecule has 312 valence electrons. The monoisotopic (exact) mass is 848 g/mol. The molecule has 0 bridgehead atoms. The second kappa shape index (κ2) is 14.3. The number of hydrogen-bond donors (Lipinski definition) is 0. The van der Waals surface area contributed by atoms with E-state index in [9.17, 15) is 0 Å². The fraction of sp³-hybridized carbons (Fsp3) is 0.0448. The van der Waals surface area contributed by atoms with Gasteiger partial charge in [-0.05, 0) is 191 Å². The van der Waals surface area contributed by atoms with Crippen LogP contribution in [0.5, 0.6) is 0 Å². The van der Waals surface area contributed by atoms with Crippen molar-refractivity contribution in [2.75, 3.05) is 0 Å². The Morgan fingerprint density at radius 3 is 1.22 bits per heavy atom. The standard InChI is InChI=1S/C67H44/c1-67(2)63-39-52(49-21-15-41-9-3-4-11-45(41)33-49)29-31-59(63)60-32-30-53(40-64(60)67)50-26-25-46-34-48(24-23-47(46)35-50)51-22-16-42-17-27-54(37-56(42)36-51)62-38-55-28-20-44-19-18-43-10-5-6-12-57(43)65(44)66(55)61-14-8-7-13-58(61)62/h3-40H,1-2H3. The molecule has 0 aliphatic heterocycles. The molecular formula is C67H44. The van der Waals surface area contributed by atoms with Crippen molar-refractivity contribution in [2.24, 2.45) is 0 Å². The summed E-state index contributed by atoms with van der Waals surface area (Å²) < 4.78 is 0. The highest BCUT2D eigenvalue weighted by Gasteiger charge is 2.36. The van der Waals surface area contributed by atoms with Gasteiger partial charge in [0.15, 0.2) is 0 Å². The van der Waals surface area contributed by atoms with Gasteiger partial charge >= 0.3 is 0 Å². The van der Waals surface area contributed by atoms with Crippen molar-refractivity contribution >= 4 is 75.4 Å². The zero-order chi connectivity index (χ0) is 44.4. The van der Waals surface area contributed by atoms with Crippen molar-refractivity contribution in [3.63, 3.8) is 0 Å². The van der Waals surface area contributed by atoms with E-state index in [-0.39, 0.29) is 5.41 Å². The molecule has 14 rings (SSSR count). The lowest BCUT2D eigenvalue weighted by atomic mass is 9.80. The van der Waals surface area contributed by atoms with Crippen LogP contribution in [0, 0.1) is 0 Å². The van der Waals surface area contributed by atoms with Crippen molar-refractivity contribution in [1.82, 2.24) is 0 Å². The number of fused-ring (bicyclic) bond motifs is 13. The van der Waals surface area contributed by atoms with Crippen molar-refractivity contribution in [1.29, 1.82) is 0 Å². The average Bonchev–Trinajstić information content (AvgIpc) is 3.61. The molecule has 0 nitrogen and oxygen atoms in total. The van der Waals surface area contributed by atoms with Gasteiger partial charge in [0, 0.05) is 5.41 Å². The van der Waals surface area contributed by atoms with E-state index in [0.29, 0.717) is 0 Å². The lowest BCUT2D eigenvalue weighted by Gasteiger charge is -2.22. The molecule has 0 spiro atoms. The van der Waals surface area contributed by atoms with Crippen LogP contribution in [0.1, 0.15) is 25.0 Å². The molecule has 67 heavy (non-hydrogen) atoms. The topological polar surface area (TPSA) is 0 Å². The van der Waals surface area contributed by atoms with Gasteiger partial charge in [-0.25, -0.2) is 0 Å². The molecule has 0 amide bonds. The summed E-state index contributed by atoms with van der Waals surface area (Å²) in [6.07, 6.45) is 0. The van der Waals surface area contributed by atoms with E-state index in [0.717, 1.165) is 0 Å². The minimum atomic E-state index is -0.117. The molecular weight excluding hydrogens is 805 g/mol. The van der Waals surface area contributed by atoms with E-state index < -0.39 is 0 Å². The molecule has 13 aromatic carbocycles. The van der Waals surface area contributed by atoms with Crippen LogP contribution in [0.2, 0.25) is 0 Å². The predicted octanol–water partition coefficient (Wildman–Crippen LogP) is 18.7. The molecule has 0 atom stereocenters. The van der Waals surface area contributed by atoms with Gasteiger partial charge in [-0.2, -0.15) is 0 Å². The van der Waals surface area contributed by atoms with E-state index >= 15 is 0 Å². The van der Waals surface area contributed by atoms with E-state index in [1.807, 2.05) is 0 Å². The van der Waals surface area contributed by atoms with Crippen molar-refractivity contribution in [3.05, 3.63) is 242 Å². The normalized spacial score (nSPS) is 13.0. The van der Waals surface area contributed by atoms with Gasteiger partial charge in [-0.3, -0.25) is 0 Å². The zero-order valence-electron chi connectivity index (χ0n) is 37.4. The highest BCUT2D eigenvalue weighted by molar-refractivity contribution is 6.29. The van der Waals surface area contributed by atoms with Gasteiger partial charge < -0.3 is 0 Å². The van der Waals surface area contributed by atoms with E-state index in [4.69, 9.17) is 0 Å². The minimum absolute atomic E-state index is 0.117. The van der Waals surface area contributed by atoms with Gasteiger partial charge in [-0.1, -0.05) is 196 Å². The van der Waals surface area contributed by atoms with Crippen LogP contribution in [-0.4, -0.2) is 0 Å². The quantitative estimate of drug-likeness (QED) is 0.155. The molecule has 0 heterocycles. The lowest BCUT2D eigenvalue weighted by molar-refractivity contribution is 0.661. The van der Waals surface area contributed by atoms with Gasteiger partial charge in [0.2, 0.25) is 0 Å². The summed E-state index contributed by atoms with van der Waals surface area (Å²) >= 11 is 0. The molecule has 0 saturated carbocycles. The van der Waals surface area contributed by atoms with Gasteiger partial charge in [0.05, 0.1) is 0 Å². The Hall–Kier alpha value is -8.32. The number of hydrogen-bond acceptors (Lipinski definition) is 0. The Balaban J connectivity index is 0.788. The predicted molar refractivity (Wildman–Crippen MR) is 288 cm³/mol. The lowest BCUT2D eigenvalue weighted by Crippen LogP contribution is -2.15. The molecule has 0 saturated heterocycles. The summed E-state index contributed by atoms with van der Waals surface area (Å²) in [5.74, 6) is 0. The average molecular weight is 849 g/mol. The molecule has 0 radical (unpaired) electrons. The summed E-state index contributed by atoms with van der Waals surface area (Å²) in [5.41, 5.74) is 15.3. The maximum absolute atomic E-state index is 2.44. The molecule has 13 aromatic rings. The Kier molecular flexibility index (Phi) is 8.13. The summed E-state index contributed by atoms with van der Waals surface area (Å²) in [4.78, 5) is 0. The number of benzene rings is 13. The van der Waals surface area contributed by atoms with Crippen LogP contribution in [0.25, 0.3) is 131 Å². The second-order valence-electron chi connectivity index (χ2n) is 19.3. The first-order valence-corrected chi connectivity index (χ1v) is 23.5. The largest absolute Gasteiger partial charge is 0.0616 e. The second-order valence-corrected chi connectivity index (χ2v) is 19.3. The van der Waals surface area contributed by atoms with E-state index in [1.165, 1.54) is 142 Å². The van der Waals surface area contributed by atoms with Gasteiger partial charge in [0.1, 0.15) is 0 Å². The molecule has 0 N–H and O–H groups in total. The highest BCUT2D eigenvalue weighted by Crippen LogP contribution is 2.51. The molecule has 0 unspecified atom stereocenters. The van der Waals surface area contributed by atoms with Crippen LogP contribution in [0.15, 0.2) is 231 Å². The third-order valence-electron chi connectivity index (χ3n) is 15.1. The minimum Gasteiger partial charge on any atom is -0.0616 e. The van der Waals surface area contributed by atoms with Crippen LogP contribution < -0.4 is 0 Å². The SMILES string of the molecule is CC1(C)c2cc(-c3ccc4ccccc4c3)ccc2-c2ccc(-c3ccc4cc(-c5ccc6ccc(-c7cc8ccc9ccc%10ccccc%10c9c8c8ccccc78)cc6c5)ccc4c3)cc21. The number of rotatable bonds is 4. The van der Waals surface area contributed by atoms with E-state index in [1.54, 1.807) is 0 Å². The molecule has 0 heteroatoms. The van der Waals surface area contributed by atoms with Crippen LogP contribution >= 0.6 is 0 Å². The van der Waals surface area contributed by atoms with Gasteiger partial charge in [0.25, 0.3) is 0 Å². The summed E-state index contributed by atoms with van der Waals surface area (Å²) in [6.45, 7) is 4.77. The van der Waals surface area contributed by atoms with Crippen molar-refractivity contribution in [3.8, 4) is 55.6 Å². The first kappa shape index (κ1) is 38.0. The Morgan fingerprint density at radius 2 is 0.597 bits per heavy atom. The van der Waals surface area contributed by atoms with Crippen molar-refractivity contribution in [2.45, 2.75) is 19.3 Å². The first-order valence-electron chi connectivity index (χ1n) is 23.5. The first-order chi connectivity index (χ1) is 32.9. The molecule has 0 fully saturated rings. The molecule has 1 aliphatic carbocycles. The van der Waals surface area contributed by atoms with Crippen LogP contribution in [0.4, 0.5) is 0 Å².